The van der Waals surface area contributed by atoms with Gasteiger partial charge >= 0.3 is 133 Å². The van der Waals surface area contributed by atoms with Crippen molar-refractivity contribution in [2.75, 3.05) is 0 Å². The minimum absolute atomic E-state index is 1.31. The Morgan fingerprint density at radius 1 is 0.571 bits per heavy atom. The molecule has 0 amide bonds. The third-order valence-electron chi connectivity index (χ3n) is 3.93. The monoisotopic (exact) mass is 342 g/mol. The standard InChI is InChI=1S/C20H28Ge/c1-15-7-16(2)10-19(9-15)13-21(5,6)14-20-11-17(3)8-18(4)12-20/h7-12H,13-14H2,1-6H3. The molecule has 0 aliphatic heterocycles. The van der Waals surface area contributed by atoms with Gasteiger partial charge in [0.1, 0.15) is 0 Å². The van der Waals surface area contributed by atoms with E-state index in [1.54, 1.807) is 11.1 Å². The van der Waals surface area contributed by atoms with Crippen molar-refractivity contribution >= 4 is 13.3 Å². The predicted octanol–water partition coefficient (Wildman–Crippen LogP) is 5.49. The van der Waals surface area contributed by atoms with Gasteiger partial charge in [-0.1, -0.05) is 0 Å². The van der Waals surface area contributed by atoms with Gasteiger partial charge in [0.05, 0.1) is 0 Å². The molecule has 0 bridgehead atoms. The Kier molecular flexibility index (Phi) is 4.98. The molecule has 0 aliphatic carbocycles. The van der Waals surface area contributed by atoms with Crippen LogP contribution in [-0.2, 0) is 10.5 Å². The molecule has 0 heterocycles. The average molecular weight is 341 g/mol. The Morgan fingerprint density at radius 2 is 0.857 bits per heavy atom. The van der Waals surface area contributed by atoms with Gasteiger partial charge in [0, 0.05) is 0 Å². The van der Waals surface area contributed by atoms with Crippen molar-refractivity contribution in [3.8, 4) is 0 Å². The van der Waals surface area contributed by atoms with Crippen molar-refractivity contribution < 1.29 is 0 Å². The van der Waals surface area contributed by atoms with E-state index in [1.165, 1.54) is 32.8 Å². The summed E-state index contributed by atoms with van der Waals surface area (Å²) < 4.78 is 0. The quantitative estimate of drug-likeness (QED) is 0.645. The number of rotatable bonds is 4. The third-order valence-corrected chi connectivity index (χ3v) is 9.66. The van der Waals surface area contributed by atoms with Gasteiger partial charge in [-0.3, -0.25) is 0 Å². The van der Waals surface area contributed by atoms with Crippen molar-refractivity contribution in [1.82, 2.24) is 0 Å². The second-order valence-electron chi connectivity index (χ2n) is 7.51. The Bertz CT molecular complexity index is 542. The maximum atomic E-state index is 2.56. The first-order chi connectivity index (χ1) is 9.73. The van der Waals surface area contributed by atoms with Crippen LogP contribution < -0.4 is 0 Å². The van der Waals surface area contributed by atoms with Crippen LogP contribution in [0.5, 0.6) is 0 Å². The zero-order valence-corrected chi connectivity index (χ0v) is 16.5. The molecule has 21 heavy (non-hydrogen) atoms. The molecule has 0 nitrogen and oxygen atoms in total. The molecular weight excluding hydrogens is 313 g/mol. The Morgan fingerprint density at radius 3 is 1.14 bits per heavy atom. The van der Waals surface area contributed by atoms with Gasteiger partial charge in [0.15, 0.2) is 0 Å². The van der Waals surface area contributed by atoms with E-state index in [2.05, 4.69) is 75.6 Å². The summed E-state index contributed by atoms with van der Waals surface area (Å²) in [7, 11) is 0. The van der Waals surface area contributed by atoms with Crippen molar-refractivity contribution in [3.05, 3.63) is 69.8 Å². The van der Waals surface area contributed by atoms with Gasteiger partial charge in [-0.05, 0) is 0 Å². The molecule has 2 aromatic rings. The van der Waals surface area contributed by atoms with Crippen LogP contribution in [0.2, 0.25) is 11.5 Å². The SMILES string of the molecule is Cc1cc(C)cc([CH2][Ge]([CH3])([CH3])[CH2]c2cc(C)cc(C)c2)c1. The van der Waals surface area contributed by atoms with E-state index in [9.17, 15) is 0 Å². The van der Waals surface area contributed by atoms with E-state index >= 15 is 0 Å². The van der Waals surface area contributed by atoms with E-state index < -0.39 is 13.3 Å². The molecule has 112 valence electrons. The number of hydrogen-bond acceptors (Lipinski definition) is 0. The van der Waals surface area contributed by atoms with E-state index in [-0.39, 0.29) is 0 Å². The summed E-state index contributed by atoms with van der Waals surface area (Å²) in [5, 5.41) is 2.63. The van der Waals surface area contributed by atoms with Crippen molar-refractivity contribution in [1.29, 1.82) is 0 Å². The van der Waals surface area contributed by atoms with E-state index in [0.29, 0.717) is 0 Å². The summed E-state index contributed by atoms with van der Waals surface area (Å²) in [4.78, 5) is 0. The second kappa shape index (κ2) is 6.39. The van der Waals surface area contributed by atoms with E-state index in [1.807, 2.05) is 0 Å². The first-order valence-electron chi connectivity index (χ1n) is 7.88. The molecule has 0 radical (unpaired) electrons. The normalized spacial score (nSPS) is 11.7. The molecule has 0 unspecified atom stereocenters. The van der Waals surface area contributed by atoms with Crippen LogP contribution in [0, 0.1) is 27.7 Å². The van der Waals surface area contributed by atoms with Gasteiger partial charge in [0.2, 0.25) is 0 Å². The zero-order valence-electron chi connectivity index (χ0n) is 14.4. The van der Waals surface area contributed by atoms with Gasteiger partial charge in [-0.15, -0.1) is 0 Å². The van der Waals surface area contributed by atoms with Crippen LogP contribution in [0.4, 0.5) is 0 Å². The Balaban J connectivity index is 2.17. The fourth-order valence-corrected chi connectivity index (χ4v) is 9.27. The van der Waals surface area contributed by atoms with Gasteiger partial charge < -0.3 is 0 Å². The van der Waals surface area contributed by atoms with Crippen molar-refractivity contribution in [2.45, 2.75) is 49.7 Å². The topological polar surface area (TPSA) is 0 Å². The molecule has 0 atom stereocenters. The second-order valence-corrected chi connectivity index (χ2v) is 18.1. The van der Waals surface area contributed by atoms with Crippen LogP contribution in [0.3, 0.4) is 0 Å². The fourth-order valence-electron chi connectivity index (χ4n) is 3.51. The number of aryl methyl sites for hydroxylation is 4. The van der Waals surface area contributed by atoms with Crippen LogP contribution in [0.25, 0.3) is 0 Å². The molecule has 0 fully saturated rings. The van der Waals surface area contributed by atoms with Crippen LogP contribution in [-0.4, -0.2) is 13.3 Å². The molecule has 1 heteroatoms. The number of hydrogen-bond donors (Lipinski definition) is 0. The van der Waals surface area contributed by atoms with Crippen LogP contribution >= 0.6 is 0 Å². The van der Waals surface area contributed by atoms with Crippen LogP contribution in [0.1, 0.15) is 33.4 Å². The summed E-state index contributed by atoms with van der Waals surface area (Å²) >= 11 is -1.82. The molecular formula is C20H28Ge. The Hall–Kier alpha value is -1.02. The van der Waals surface area contributed by atoms with Crippen LogP contribution in [0.15, 0.2) is 36.4 Å². The fraction of sp³-hybridized carbons (Fsp3) is 0.400. The summed E-state index contributed by atoms with van der Waals surface area (Å²) in [6, 6.07) is 14.0. The molecule has 0 aromatic heterocycles. The van der Waals surface area contributed by atoms with E-state index in [0.717, 1.165) is 0 Å². The van der Waals surface area contributed by atoms with Gasteiger partial charge in [0.25, 0.3) is 0 Å². The van der Waals surface area contributed by atoms with Gasteiger partial charge in [-0.25, -0.2) is 0 Å². The van der Waals surface area contributed by atoms with Crippen molar-refractivity contribution in [3.63, 3.8) is 0 Å². The summed E-state index contributed by atoms with van der Waals surface area (Å²) in [5.41, 5.74) is 8.68. The van der Waals surface area contributed by atoms with Crippen molar-refractivity contribution in [2.24, 2.45) is 0 Å². The molecule has 2 aromatic carbocycles. The van der Waals surface area contributed by atoms with Gasteiger partial charge in [-0.2, -0.15) is 0 Å². The number of benzene rings is 2. The maximum absolute atomic E-state index is 2.56. The average Bonchev–Trinajstić information content (AvgIpc) is 2.23. The summed E-state index contributed by atoms with van der Waals surface area (Å²) in [6.07, 6.45) is 0. The minimum atomic E-state index is -1.82. The van der Waals surface area contributed by atoms with E-state index in [4.69, 9.17) is 0 Å². The molecule has 0 N–H and O–H groups in total. The molecule has 2 rings (SSSR count). The summed E-state index contributed by atoms with van der Waals surface area (Å²) in [5.74, 6) is 5.13. The molecule has 0 spiro atoms. The first kappa shape index (κ1) is 16.4. The predicted molar refractivity (Wildman–Crippen MR) is 96.7 cm³/mol. The summed E-state index contributed by atoms with van der Waals surface area (Å²) in [6.45, 7) is 8.83. The molecule has 0 aliphatic rings. The molecule has 0 saturated heterocycles. The zero-order chi connectivity index (χ0) is 15.6. The first-order valence-corrected chi connectivity index (χ1v) is 15.0. The third kappa shape index (κ3) is 5.03. The molecule has 0 saturated carbocycles. The Labute approximate surface area is 133 Å².